The first-order chi connectivity index (χ1) is 23.1. The minimum atomic E-state index is -0.774. The number of benzene rings is 2. The van der Waals surface area contributed by atoms with Crippen LogP contribution in [0.15, 0.2) is 42.5 Å². The number of aryl methyl sites for hydroxylation is 1. The molecule has 1 atom stereocenters. The zero-order chi connectivity index (χ0) is 33.8. The zero-order valence-corrected chi connectivity index (χ0v) is 28.7. The predicted molar refractivity (Wildman–Crippen MR) is 185 cm³/mol. The first kappa shape index (κ1) is 34.2. The number of likely N-dealkylation sites (tertiary alicyclic amines) is 3. The Hall–Kier alpha value is -3.63. The Morgan fingerprint density at radius 3 is 2.21 bits per heavy atom. The van der Waals surface area contributed by atoms with Crippen molar-refractivity contribution in [3.05, 3.63) is 64.2 Å². The summed E-state index contributed by atoms with van der Waals surface area (Å²) < 4.78 is 0. The quantitative estimate of drug-likeness (QED) is 0.374. The monoisotopic (exact) mass is 677 g/mol. The molecule has 10 nitrogen and oxygen atoms in total. The number of para-hydroxylation sites is 1. The van der Waals surface area contributed by atoms with Crippen molar-refractivity contribution in [3.8, 4) is 0 Å². The number of piperidine rings is 3. The van der Waals surface area contributed by atoms with Gasteiger partial charge in [0.1, 0.15) is 0 Å². The number of rotatable bonds is 9. The Morgan fingerprint density at radius 2 is 1.54 bits per heavy atom. The molecular weight excluding hydrogens is 630 g/mol. The van der Waals surface area contributed by atoms with Crippen molar-refractivity contribution in [1.82, 2.24) is 19.6 Å². The topological polar surface area (TPSA) is 113 Å². The molecule has 0 saturated carbocycles. The molecule has 0 aromatic heterocycles. The van der Waals surface area contributed by atoms with Crippen LogP contribution in [-0.4, -0.2) is 100 Å². The van der Waals surface area contributed by atoms with Gasteiger partial charge >= 0.3 is 12.0 Å². The molecule has 0 radical (unpaired) electrons. The molecule has 6 rings (SSSR count). The van der Waals surface area contributed by atoms with Crippen molar-refractivity contribution in [2.75, 3.05) is 51.1 Å². The van der Waals surface area contributed by atoms with E-state index in [0.717, 1.165) is 61.2 Å². The molecule has 0 aliphatic carbocycles. The number of aliphatic carboxylic acids is 1. The van der Waals surface area contributed by atoms with Crippen molar-refractivity contribution in [2.24, 2.45) is 17.8 Å². The first-order valence-corrected chi connectivity index (χ1v) is 17.9. The number of urea groups is 1. The van der Waals surface area contributed by atoms with Gasteiger partial charge in [-0.25, -0.2) is 4.79 Å². The second-order valence-corrected chi connectivity index (χ2v) is 14.6. The van der Waals surface area contributed by atoms with Gasteiger partial charge in [-0.1, -0.05) is 41.9 Å². The van der Waals surface area contributed by atoms with Gasteiger partial charge in [-0.15, -0.1) is 0 Å². The molecule has 48 heavy (non-hydrogen) atoms. The van der Waals surface area contributed by atoms with E-state index in [9.17, 15) is 19.2 Å². The van der Waals surface area contributed by atoms with Gasteiger partial charge in [-0.05, 0) is 106 Å². The summed E-state index contributed by atoms with van der Waals surface area (Å²) in [5.41, 5.74) is 3.91. The molecule has 4 aliphatic heterocycles. The van der Waals surface area contributed by atoms with Crippen molar-refractivity contribution < 1.29 is 24.3 Å². The fraction of sp³-hybridized carbons (Fsp3) is 0.568. The van der Waals surface area contributed by atoms with E-state index in [0.29, 0.717) is 68.8 Å². The molecule has 2 aromatic carbocycles. The van der Waals surface area contributed by atoms with E-state index in [1.807, 2.05) is 69.0 Å². The van der Waals surface area contributed by atoms with Crippen LogP contribution in [0.25, 0.3) is 0 Å². The predicted octanol–water partition coefficient (Wildman–Crippen LogP) is 5.27. The Bertz CT molecular complexity index is 1490. The van der Waals surface area contributed by atoms with Crippen LogP contribution in [0.1, 0.15) is 61.6 Å². The van der Waals surface area contributed by atoms with Crippen molar-refractivity contribution in [3.63, 3.8) is 0 Å². The van der Waals surface area contributed by atoms with Crippen molar-refractivity contribution in [1.29, 1.82) is 0 Å². The Kier molecular flexibility index (Phi) is 10.9. The number of carboxylic acid groups (broad SMARTS) is 1. The van der Waals surface area contributed by atoms with Crippen LogP contribution in [-0.2, 0) is 27.3 Å². The van der Waals surface area contributed by atoms with Gasteiger partial charge < -0.3 is 25.1 Å². The summed E-state index contributed by atoms with van der Waals surface area (Å²) in [7, 11) is 0. The maximum atomic E-state index is 14.1. The second kappa shape index (κ2) is 15.3. The van der Waals surface area contributed by atoms with Crippen LogP contribution in [0.3, 0.4) is 0 Å². The van der Waals surface area contributed by atoms with Crippen LogP contribution in [0.5, 0.6) is 0 Å². The van der Waals surface area contributed by atoms with Crippen molar-refractivity contribution >= 4 is 41.1 Å². The van der Waals surface area contributed by atoms with E-state index >= 15 is 0 Å². The van der Waals surface area contributed by atoms with E-state index in [2.05, 4.69) is 5.32 Å². The Balaban J connectivity index is 1.05. The fourth-order valence-electron chi connectivity index (χ4n) is 8.27. The van der Waals surface area contributed by atoms with Gasteiger partial charge in [0.15, 0.2) is 0 Å². The van der Waals surface area contributed by atoms with Crippen molar-refractivity contribution in [2.45, 2.75) is 70.9 Å². The second-order valence-electron chi connectivity index (χ2n) is 14.2. The number of carbonyl (C=O) groups excluding carboxylic acids is 3. The van der Waals surface area contributed by atoms with E-state index < -0.39 is 11.9 Å². The molecule has 0 bridgehead atoms. The summed E-state index contributed by atoms with van der Waals surface area (Å²) in [5.74, 6) is -0.0918. The normalized spacial score (nSPS) is 20.7. The maximum absolute atomic E-state index is 14.1. The van der Waals surface area contributed by atoms with Crippen LogP contribution < -0.4 is 5.32 Å². The highest BCUT2D eigenvalue weighted by atomic mass is 35.5. The highest BCUT2D eigenvalue weighted by Crippen LogP contribution is 2.34. The first-order valence-electron chi connectivity index (χ1n) is 17.6. The van der Waals surface area contributed by atoms with E-state index in [1.165, 1.54) is 0 Å². The number of fused-ring (bicyclic) bond motifs is 1. The summed E-state index contributed by atoms with van der Waals surface area (Å²) in [6, 6.07) is 13.7. The molecule has 4 amide bonds. The highest BCUT2D eigenvalue weighted by molar-refractivity contribution is 6.31. The van der Waals surface area contributed by atoms with Crippen LogP contribution >= 0.6 is 11.6 Å². The number of carboxylic acids is 1. The molecular formula is C37H48ClN5O5. The highest BCUT2D eigenvalue weighted by Gasteiger charge is 2.36. The Labute approximate surface area is 288 Å². The van der Waals surface area contributed by atoms with Crippen LogP contribution in [0.2, 0.25) is 5.02 Å². The lowest BCUT2D eigenvalue weighted by Crippen LogP contribution is -2.51. The average molecular weight is 678 g/mol. The number of anilines is 1. The molecule has 0 spiro atoms. The van der Waals surface area contributed by atoms with E-state index in [-0.39, 0.29) is 36.9 Å². The van der Waals surface area contributed by atoms with Gasteiger partial charge in [0, 0.05) is 55.9 Å². The zero-order valence-electron chi connectivity index (χ0n) is 27.9. The molecule has 258 valence electrons. The minimum Gasteiger partial charge on any atom is -0.480 e. The SMILES string of the molecule is Cc1cc(CC(CC(=O)N2CCC(N3Cc4ccccc4NC3=O)CC2)C(=O)N2CCC(C3CCN(CC(=O)O)CC3)CC2)ccc1Cl. The maximum Gasteiger partial charge on any atom is 0.322 e. The molecule has 2 aromatic rings. The number of nitrogens with zero attached hydrogens (tertiary/aromatic N) is 4. The van der Waals surface area contributed by atoms with Gasteiger partial charge in [-0.3, -0.25) is 19.3 Å². The average Bonchev–Trinajstić information content (AvgIpc) is 3.09. The summed E-state index contributed by atoms with van der Waals surface area (Å²) in [4.78, 5) is 59.6. The number of hydrogen-bond donors (Lipinski definition) is 2. The number of carbonyl (C=O) groups is 4. The van der Waals surface area contributed by atoms with E-state index in [4.69, 9.17) is 16.7 Å². The van der Waals surface area contributed by atoms with Gasteiger partial charge in [0.05, 0.1) is 12.5 Å². The summed E-state index contributed by atoms with van der Waals surface area (Å²) >= 11 is 6.30. The lowest BCUT2D eigenvalue weighted by Gasteiger charge is -2.41. The van der Waals surface area contributed by atoms with Gasteiger partial charge in [-0.2, -0.15) is 0 Å². The lowest BCUT2D eigenvalue weighted by atomic mass is 9.78. The fourth-order valence-corrected chi connectivity index (χ4v) is 8.39. The molecule has 3 fully saturated rings. The summed E-state index contributed by atoms with van der Waals surface area (Å²) in [6.45, 7) is 6.77. The third-order valence-electron chi connectivity index (χ3n) is 11.1. The summed E-state index contributed by atoms with van der Waals surface area (Å²) in [5, 5.41) is 12.8. The number of halogens is 1. The smallest absolute Gasteiger partial charge is 0.322 e. The third kappa shape index (κ3) is 8.14. The van der Waals surface area contributed by atoms with Crippen LogP contribution in [0, 0.1) is 24.7 Å². The largest absolute Gasteiger partial charge is 0.480 e. The van der Waals surface area contributed by atoms with Gasteiger partial charge in [0.25, 0.3) is 0 Å². The molecule has 2 N–H and O–H groups in total. The lowest BCUT2D eigenvalue weighted by molar-refractivity contribution is -0.143. The molecule has 4 heterocycles. The minimum absolute atomic E-state index is 0.00562. The number of amides is 4. The summed E-state index contributed by atoms with van der Waals surface area (Å²) in [6.07, 6.45) is 5.95. The number of nitrogens with one attached hydrogen (secondary N) is 1. The number of hydrogen-bond acceptors (Lipinski definition) is 5. The van der Waals surface area contributed by atoms with Crippen LogP contribution in [0.4, 0.5) is 10.5 Å². The molecule has 3 saturated heterocycles. The van der Waals surface area contributed by atoms with E-state index in [1.54, 1.807) is 0 Å². The molecule has 1 unspecified atom stereocenters. The molecule has 11 heteroatoms. The van der Waals surface area contributed by atoms with Gasteiger partial charge in [0.2, 0.25) is 11.8 Å². The third-order valence-corrected chi connectivity index (χ3v) is 11.5. The Morgan fingerprint density at radius 1 is 0.896 bits per heavy atom. The standard InChI is InChI=1S/C37H48ClN5O5/c1-25-20-26(6-7-32(25)38)21-30(36(47)42-16-10-28(11-17-42)27-8-14-40(15-9-27)24-35(45)46)22-34(44)41-18-12-31(13-19-41)43-23-29-4-2-3-5-33(29)39-37(43)48/h2-7,20,27-28,30-31H,8-19,21-24H2,1H3,(H,39,48)(H,45,46). The molecule has 4 aliphatic rings.